The highest BCUT2D eigenvalue weighted by atomic mass is 16.2. The van der Waals surface area contributed by atoms with E-state index in [0.29, 0.717) is 19.5 Å². The quantitative estimate of drug-likeness (QED) is 0.750. The fourth-order valence-electron chi connectivity index (χ4n) is 3.18. The van der Waals surface area contributed by atoms with Crippen LogP contribution in [0.1, 0.15) is 48.1 Å². The van der Waals surface area contributed by atoms with Gasteiger partial charge in [-0.3, -0.25) is 9.59 Å². The van der Waals surface area contributed by atoms with E-state index in [1.165, 1.54) is 11.1 Å². The Hall–Kier alpha value is -2.62. The standard InChI is InChI=1S/C24H32N2O2/c1-6-12-25-24(28)20(5)26(16-22-9-7-8-17(2)13-22)23(27)15-21-11-10-18(3)19(4)14-21/h7-11,13-14,20H,6,12,15-16H2,1-5H3,(H,25,28)/t20-/m0/s1. The maximum atomic E-state index is 13.2. The van der Waals surface area contributed by atoms with E-state index < -0.39 is 6.04 Å². The van der Waals surface area contributed by atoms with Gasteiger partial charge in [0.15, 0.2) is 0 Å². The molecule has 0 aliphatic rings. The van der Waals surface area contributed by atoms with Crippen molar-refractivity contribution in [1.82, 2.24) is 10.2 Å². The topological polar surface area (TPSA) is 49.4 Å². The summed E-state index contributed by atoms with van der Waals surface area (Å²) < 4.78 is 0. The first-order valence-electron chi connectivity index (χ1n) is 10.0. The Morgan fingerprint density at radius 3 is 2.39 bits per heavy atom. The Morgan fingerprint density at radius 1 is 1.00 bits per heavy atom. The second kappa shape index (κ2) is 10.1. The van der Waals surface area contributed by atoms with Crippen LogP contribution in [0.2, 0.25) is 0 Å². The third-order valence-corrected chi connectivity index (χ3v) is 5.08. The molecule has 0 aliphatic carbocycles. The lowest BCUT2D eigenvalue weighted by molar-refractivity contribution is -0.140. The summed E-state index contributed by atoms with van der Waals surface area (Å²) in [6, 6.07) is 13.6. The average Bonchev–Trinajstić information content (AvgIpc) is 2.66. The van der Waals surface area contributed by atoms with Gasteiger partial charge in [-0.15, -0.1) is 0 Å². The van der Waals surface area contributed by atoms with Gasteiger partial charge in [0, 0.05) is 13.1 Å². The van der Waals surface area contributed by atoms with E-state index in [4.69, 9.17) is 0 Å². The van der Waals surface area contributed by atoms with Crippen LogP contribution in [0.4, 0.5) is 0 Å². The van der Waals surface area contributed by atoms with Crippen molar-refractivity contribution in [2.45, 2.75) is 60.0 Å². The predicted octanol–water partition coefficient (Wildman–Crippen LogP) is 4.10. The third kappa shape index (κ3) is 5.95. The molecule has 0 bridgehead atoms. The first-order chi connectivity index (χ1) is 13.3. The fraction of sp³-hybridized carbons (Fsp3) is 0.417. The number of carbonyl (C=O) groups is 2. The zero-order valence-corrected chi connectivity index (χ0v) is 17.7. The molecule has 0 spiro atoms. The number of hydrogen-bond donors (Lipinski definition) is 1. The van der Waals surface area contributed by atoms with E-state index in [-0.39, 0.29) is 11.8 Å². The first-order valence-corrected chi connectivity index (χ1v) is 10.0. The van der Waals surface area contributed by atoms with Crippen LogP contribution in [0.3, 0.4) is 0 Å². The highest BCUT2D eigenvalue weighted by molar-refractivity contribution is 5.88. The summed E-state index contributed by atoms with van der Waals surface area (Å²) in [5.41, 5.74) is 5.53. The molecule has 1 N–H and O–H groups in total. The minimum atomic E-state index is -0.522. The molecule has 0 heterocycles. The van der Waals surface area contributed by atoms with Gasteiger partial charge in [0.25, 0.3) is 0 Å². The van der Waals surface area contributed by atoms with Gasteiger partial charge in [-0.1, -0.05) is 55.0 Å². The Morgan fingerprint density at radius 2 is 1.75 bits per heavy atom. The fourth-order valence-corrected chi connectivity index (χ4v) is 3.18. The zero-order chi connectivity index (χ0) is 20.7. The molecule has 0 saturated heterocycles. The van der Waals surface area contributed by atoms with Crippen LogP contribution >= 0.6 is 0 Å². The maximum absolute atomic E-state index is 13.2. The second-order valence-electron chi connectivity index (χ2n) is 7.57. The largest absolute Gasteiger partial charge is 0.354 e. The van der Waals surface area contributed by atoms with Crippen molar-refractivity contribution in [3.8, 4) is 0 Å². The van der Waals surface area contributed by atoms with Gasteiger partial charge >= 0.3 is 0 Å². The van der Waals surface area contributed by atoms with E-state index in [2.05, 4.69) is 31.3 Å². The predicted molar refractivity (Wildman–Crippen MR) is 114 cm³/mol. The second-order valence-corrected chi connectivity index (χ2v) is 7.57. The molecule has 2 rings (SSSR count). The summed E-state index contributed by atoms with van der Waals surface area (Å²) in [6.45, 7) is 11.0. The molecule has 150 valence electrons. The molecule has 4 nitrogen and oxygen atoms in total. The Labute approximate surface area is 169 Å². The van der Waals surface area contributed by atoms with E-state index in [0.717, 1.165) is 23.1 Å². The summed E-state index contributed by atoms with van der Waals surface area (Å²) in [5.74, 6) is -0.146. The van der Waals surface area contributed by atoms with Crippen LogP contribution in [0.25, 0.3) is 0 Å². The number of nitrogens with zero attached hydrogens (tertiary/aromatic N) is 1. The van der Waals surface area contributed by atoms with Gasteiger partial charge in [-0.05, 0) is 56.4 Å². The van der Waals surface area contributed by atoms with Crippen LogP contribution in [0.5, 0.6) is 0 Å². The SMILES string of the molecule is CCCNC(=O)[C@H](C)N(Cc1cccc(C)c1)C(=O)Cc1ccc(C)c(C)c1. The normalized spacial score (nSPS) is 11.8. The molecule has 1 atom stereocenters. The smallest absolute Gasteiger partial charge is 0.242 e. The van der Waals surface area contributed by atoms with Gasteiger partial charge in [-0.2, -0.15) is 0 Å². The third-order valence-electron chi connectivity index (χ3n) is 5.08. The van der Waals surface area contributed by atoms with Crippen molar-refractivity contribution in [1.29, 1.82) is 0 Å². The number of rotatable bonds is 8. The summed E-state index contributed by atoms with van der Waals surface area (Å²) >= 11 is 0. The lowest BCUT2D eigenvalue weighted by atomic mass is 10.0. The monoisotopic (exact) mass is 380 g/mol. The first kappa shape index (κ1) is 21.7. The lowest BCUT2D eigenvalue weighted by Crippen LogP contribution is -2.48. The molecule has 2 aromatic carbocycles. The molecule has 2 aromatic rings. The van der Waals surface area contributed by atoms with Crippen molar-refractivity contribution in [3.63, 3.8) is 0 Å². The van der Waals surface area contributed by atoms with Gasteiger partial charge < -0.3 is 10.2 Å². The van der Waals surface area contributed by atoms with Crippen molar-refractivity contribution >= 4 is 11.8 Å². The highest BCUT2D eigenvalue weighted by Crippen LogP contribution is 2.15. The minimum Gasteiger partial charge on any atom is -0.354 e. The van der Waals surface area contributed by atoms with Crippen LogP contribution in [-0.2, 0) is 22.6 Å². The average molecular weight is 381 g/mol. The van der Waals surface area contributed by atoms with E-state index >= 15 is 0 Å². The Balaban J connectivity index is 2.23. The zero-order valence-electron chi connectivity index (χ0n) is 17.7. The number of amides is 2. The molecule has 0 saturated carbocycles. The number of aryl methyl sites for hydroxylation is 3. The molecular weight excluding hydrogens is 348 g/mol. The molecule has 2 amide bonds. The van der Waals surface area contributed by atoms with E-state index in [1.807, 2.05) is 44.2 Å². The van der Waals surface area contributed by atoms with Crippen molar-refractivity contribution in [3.05, 3.63) is 70.3 Å². The van der Waals surface area contributed by atoms with Crippen molar-refractivity contribution in [2.75, 3.05) is 6.54 Å². The molecule has 0 fully saturated rings. The van der Waals surface area contributed by atoms with E-state index in [1.54, 1.807) is 11.8 Å². The van der Waals surface area contributed by atoms with Crippen LogP contribution < -0.4 is 5.32 Å². The number of benzene rings is 2. The van der Waals surface area contributed by atoms with Gasteiger partial charge in [0.2, 0.25) is 11.8 Å². The molecule has 0 aliphatic heterocycles. The maximum Gasteiger partial charge on any atom is 0.242 e. The van der Waals surface area contributed by atoms with Crippen molar-refractivity contribution < 1.29 is 9.59 Å². The van der Waals surface area contributed by atoms with Crippen LogP contribution in [0, 0.1) is 20.8 Å². The van der Waals surface area contributed by atoms with Crippen LogP contribution in [-0.4, -0.2) is 29.3 Å². The lowest BCUT2D eigenvalue weighted by Gasteiger charge is -2.29. The summed E-state index contributed by atoms with van der Waals surface area (Å²) in [7, 11) is 0. The van der Waals surface area contributed by atoms with Crippen LogP contribution in [0.15, 0.2) is 42.5 Å². The molecule has 0 radical (unpaired) electrons. The molecule has 4 heteroatoms. The summed E-state index contributed by atoms with van der Waals surface area (Å²) in [6.07, 6.45) is 1.16. The van der Waals surface area contributed by atoms with Gasteiger partial charge in [0.05, 0.1) is 6.42 Å². The van der Waals surface area contributed by atoms with Gasteiger partial charge in [-0.25, -0.2) is 0 Å². The molecule has 28 heavy (non-hydrogen) atoms. The Bertz CT molecular complexity index is 829. The number of hydrogen-bond acceptors (Lipinski definition) is 2. The number of carbonyl (C=O) groups excluding carboxylic acids is 2. The van der Waals surface area contributed by atoms with E-state index in [9.17, 15) is 9.59 Å². The minimum absolute atomic E-state index is 0.0380. The Kier molecular flexibility index (Phi) is 7.80. The molecule has 0 unspecified atom stereocenters. The van der Waals surface area contributed by atoms with Gasteiger partial charge in [0.1, 0.15) is 6.04 Å². The molecular formula is C24H32N2O2. The summed E-state index contributed by atoms with van der Waals surface area (Å²) in [5, 5.41) is 2.91. The number of nitrogens with one attached hydrogen (secondary N) is 1. The van der Waals surface area contributed by atoms with Crippen molar-refractivity contribution in [2.24, 2.45) is 0 Å². The summed E-state index contributed by atoms with van der Waals surface area (Å²) in [4.78, 5) is 27.4. The molecule has 0 aromatic heterocycles. The highest BCUT2D eigenvalue weighted by Gasteiger charge is 2.26.